The number of hydrogen-bond donors (Lipinski definition) is 1. The van der Waals surface area contributed by atoms with E-state index in [0.29, 0.717) is 24.8 Å². The summed E-state index contributed by atoms with van der Waals surface area (Å²) in [5.41, 5.74) is 8.28. The predicted molar refractivity (Wildman–Crippen MR) is 103 cm³/mol. The van der Waals surface area contributed by atoms with Crippen LogP contribution >= 0.6 is 28.3 Å². The summed E-state index contributed by atoms with van der Waals surface area (Å²) >= 11 is 3.42. The standard InChI is InChI=1S/C19H21BrN2O.ClH/c20-17-8-6-14(7-9-17)10-19(23)22-12-16(11-21)18(13-22)15-4-2-1-3-5-15;/h1-9,16,18H,10-13,21H2;1H/t16-,18+;/m1./s1. The summed E-state index contributed by atoms with van der Waals surface area (Å²) < 4.78 is 1.03. The first-order valence-electron chi connectivity index (χ1n) is 7.94. The molecule has 0 unspecified atom stereocenters. The molecular weight excluding hydrogens is 388 g/mol. The van der Waals surface area contributed by atoms with Gasteiger partial charge in [0.15, 0.2) is 0 Å². The molecule has 0 aromatic heterocycles. The second-order valence-corrected chi connectivity index (χ2v) is 7.03. The first-order chi connectivity index (χ1) is 11.2. The Morgan fingerprint density at radius 1 is 1.08 bits per heavy atom. The van der Waals surface area contributed by atoms with E-state index in [2.05, 4.69) is 40.2 Å². The lowest BCUT2D eigenvalue weighted by atomic mass is 9.89. The van der Waals surface area contributed by atoms with Gasteiger partial charge in [0.1, 0.15) is 0 Å². The number of hydrogen-bond acceptors (Lipinski definition) is 2. The van der Waals surface area contributed by atoms with Crippen LogP contribution in [0.2, 0.25) is 0 Å². The molecule has 2 aromatic carbocycles. The lowest BCUT2D eigenvalue weighted by Gasteiger charge is -2.17. The van der Waals surface area contributed by atoms with Gasteiger partial charge in [-0.15, -0.1) is 12.4 Å². The molecule has 0 aliphatic carbocycles. The topological polar surface area (TPSA) is 46.3 Å². The second kappa shape index (κ2) is 8.65. The van der Waals surface area contributed by atoms with Crippen LogP contribution in [0, 0.1) is 5.92 Å². The molecule has 3 rings (SSSR count). The number of amides is 1. The molecule has 1 heterocycles. The van der Waals surface area contributed by atoms with Crippen LogP contribution < -0.4 is 5.73 Å². The predicted octanol–water partition coefficient (Wildman–Crippen LogP) is 3.61. The Kier molecular flexibility index (Phi) is 6.84. The zero-order chi connectivity index (χ0) is 16.2. The normalized spacial score (nSPS) is 19.8. The lowest BCUT2D eigenvalue weighted by Crippen LogP contribution is -2.31. The smallest absolute Gasteiger partial charge is 0.227 e. The average Bonchev–Trinajstić information content (AvgIpc) is 3.02. The Bertz CT molecular complexity index is 663. The van der Waals surface area contributed by atoms with Crippen molar-refractivity contribution < 1.29 is 4.79 Å². The van der Waals surface area contributed by atoms with E-state index in [9.17, 15) is 4.79 Å². The fourth-order valence-corrected chi connectivity index (χ4v) is 3.54. The summed E-state index contributed by atoms with van der Waals surface area (Å²) in [5, 5.41) is 0. The molecule has 1 saturated heterocycles. The van der Waals surface area contributed by atoms with E-state index in [-0.39, 0.29) is 18.3 Å². The Morgan fingerprint density at radius 2 is 1.75 bits per heavy atom. The molecule has 1 aliphatic heterocycles. The van der Waals surface area contributed by atoms with Crippen molar-refractivity contribution in [2.45, 2.75) is 12.3 Å². The summed E-state index contributed by atoms with van der Waals surface area (Å²) in [6.45, 7) is 2.13. The first-order valence-corrected chi connectivity index (χ1v) is 8.74. The molecule has 2 aromatic rings. The van der Waals surface area contributed by atoms with Crippen LogP contribution in [0.3, 0.4) is 0 Å². The van der Waals surface area contributed by atoms with E-state index >= 15 is 0 Å². The van der Waals surface area contributed by atoms with Crippen molar-refractivity contribution >= 4 is 34.2 Å². The van der Waals surface area contributed by atoms with Gasteiger partial charge in [-0.25, -0.2) is 0 Å². The number of carbonyl (C=O) groups excluding carboxylic acids is 1. The third kappa shape index (κ3) is 4.38. The molecular formula is C19H22BrClN2O. The van der Waals surface area contributed by atoms with E-state index < -0.39 is 0 Å². The fourth-order valence-electron chi connectivity index (χ4n) is 3.28. The van der Waals surface area contributed by atoms with E-state index in [1.807, 2.05) is 35.2 Å². The number of carbonyl (C=O) groups is 1. The second-order valence-electron chi connectivity index (χ2n) is 6.11. The van der Waals surface area contributed by atoms with Gasteiger partial charge >= 0.3 is 0 Å². The number of nitrogens with zero attached hydrogens (tertiary/aromatic N) is 1. The maximum atomic E-state index is 12.6. The summed E-state index contributed by atoms with van der Waals surface area (Å²) in [6.07, 6.45) is 0.450. The van der Waals surface area contributed by atoms with Gasteiger partial charge in [-0.1, -0.05) is 58.4 Å². The largest absolute Gasteiger partial charge is 0.341 e. The van der Waals surface area contributed by atoms with Crippen molar-refractivity contribution in [2.75, 3.05) is 19.6 Å². The van der Waals surface area contributed by atoms with Gasteiger partial charge < -0.3 is 10.6 Å². The highest BCUT2D eigenvalue weighted by Gasteiger charge is 2.34. The Morgan fingerprint density at radius 3 is 2.38 bits per heavy atom. The SMILES string of the molecule is Cl.NC[C@@H]1CN(C(=O)Cc2ccc(Br)cc2)C[C@H]1c1ccccc1. The Balaban J connectivity index is 0.00000208. The molecule has 5 heteroatoms. The highest BCUT2D eigenvalue weighted by molar-refractivity contribution is 9.10. The zero-order valence-corrected chi connectivity index (χ0v) is 15.8. The van der Waals surface area contributed by atoms with Crippen LogP contribution in [-0.2, 0) is 11.2 Å². The number of benzene rings is 2. The fraction of sp³-hybridized carbons (Fsp3) is 0.316. The third-order valence-corrected chi connectivity index (χ3v) is 5.12. The molecule has 3 nitrogen and oxygen atoms in total. The van der Waals surface area contributed by atoms with Crippen molar-refractivity contribution in [1.29, 1.82) is 0 Å². The molecule has 2 N–H and O–H groups in total. The molecule has 1 fully saturated rings. The van der Waals surface area contributed by atoms with Gasteiger partial charge in [-0.05, 0) is 35.7 Å². The minimum Gasteiger partial charge on any atom is -0.341 e. The monoisotopic (exact) mass is 408 g/mol. The highest BCUT2D eigenvalue weighted by Crippen LogP contribution is 2.32. The van der Waals surface area contributed by atoms with Gasteiger partial charge in [0.05, 0.1) is 6.42 Å². The third-order valence-electron chi connectivity index (χ3n) is 4.59. The van der Waals surface area contributed by atoms with Crippen molar-refractivity contribution in [3.8, 4) is 0 Å². The van der Waals surface area contributed by atoms with E-state index in [0.717, 1.165) is 23.1 Å². The van der Waals surface area contributed by atoms with Gasteiger partial charge in [0.2, 0.25) is 5.91 Å². The summed E-state index contributed by atoms with van der Waals surface area (Å²) in [6, 6.07) is 18.3. The van der Waals surface area contributed by atoms with Crippen LogP contribution in [0.25, 0.3) is 0 Å². The summed E-state index contributed by atoms with van der Waals surface area (Å²) in [4.78, 5) is 14.6. The van der Waals surface area contributed by atoms with Crippen molar-refractivity contribution in [3.63, 3.8) is 0 Å². The lowest BCUT2D eigenvalue weighted by molar-refractivity contribution is -0.129. The minimum absolute atomic E-state index is 0. The summed E-state index contributed by atoms with van der Waals surface area (Å²) in [5.74, 6) is 0.866. The summed E-state index contributed by atoms with van der Waals surface area (Å²) in [7, 11) is 0. The Hall–Kier alpha value is -1.36. The van der Waals surface area contributed by atoms with Crippen LogP contribution in [0.15, 0.2) is 59.1 Å². The first kappa shape index (κ1) is 19.0. The van der Waals surface area contributed by atoms with Crippen LogP contribution in [-0.4, -0.2) is 30.4 Å². The van der Waals surface area contributed by atoms with E-state index in [1.54, 1.807) is 0 Å². The number of likely N-dealkylation sites (tertiary alicyclic amines) is 1. The Labute approximate surface area is 157 Å². The van der Waals surface area contributed by atoms with Crippen LogP contribution in [0.1, 0.15) is 17.0 Å². The zero-order valence-electron chi connectivity index (χ0n) is 13.4. The van der Waals surface area contributed by atoms with Gasteiger partial charge in [0, 0.05) is 23.5 Å². The molecule has 1 amide bonds. The van der Waals surface area contributed by atoms with E-state index in [1.165, 1.54) is 5.56 Å². The quantitative estimate of drug-likeness (QED) is 0.838. The molecule has 2 atom stereocenters. The van der Waals surface area contributed by atoms with Crippen LogP contribution in [0.5, 0.6) is 0 Å². The molecule has 128 valence electrons. The number of halogens is 2. The minimum atomic E-state index is 0. The maximum Gasteiger partial charge on any atom is 0.227 e. The highest BCUT2D eigenvalue weighted by atomic mass is 79.9. The van der Waals surface area contributed by atoms with E-state index in [4.69, 9.17) is 5.73 Å². The molecule has 0 saturated carbocycles. The maximum absolute atomic E-state index is 12.6. The van der Waals surface area contributed by atoms with Crippen molar-refractivity contribution in [1.82, 2.24) is 4.90 Å². The van der Waals surface area contributed by atoms with Crippen molar-refractivity contribution in [3.05, 3.63) is 70.2 Å². The molecule has 1 aliphatic rings. The number of rotatable bonds is 4. The number of nitrogens with two attached hydrogens (primary N) is 1. The molecule has 24 heavy (non-hydrogen) atoms. The van der Waals surface area contributed by atoms with Gasteiger partial charge in [0.25, 0.3) is 0 Å². The average molecular weight is 410 g/mol. The van der Waals surface area contributed by atoms with Gasteiger partial charge in [-0.2, -0.15) is 0 Å². The molecule has 0 radical (unpaired) electrons. The van der Waals surface area contributed by atoms with Gasteiger partial charge in [-0.3, -0.25) is 4.79 Å². The van der Waals surface area contributed by atoms with Crippen LogP contribution in [0.4, 0.5) is 0 Å². The molecule has 0 spiro atoms. The van der Waals surface area contributed by atoms with Crippen molar-refractivity contribution in [2.24, 2.45) is 11.7 Å². The molecule has 0 bridgehead atoms.